The average Bonchev–Trinajstić information content (AvgIpc) is 3.01. The number of amides is 1. The van der Waals surface area contributed by atoms with Gasteiger partial charge in [-0.1, -0.05) is 30.3 Å². The molecule has 0 N–H and O–H groups in total. The van der Waals surface area contributed by atoms with E-state index in [0.29, 0.717) is 35.8 Å². The number of benzene rings is 3. The molecule has 0 aromatic heterocycles. The summed E-state index contributed by atoms with van der Waals surface area (Å²) in [5.74, 6) is -1.12. The molecule has 144 valence electrons. The van der Waals surface area contributed by atoms with Gasteiger partial charge in [-0.15, -0.1) is 0 Å². The fraction of sp³-hybridized carbons (Fsp3) is 0.227. The first-order valence-electron chi connectivity index (χ1n) is 9.17. The summed E-state index contributed by atoms with van der Waals surface area (Å²) in [6.45, 7) is 4.43. The van der Waals surface area contributed by atoms with Crippen molar-refractivity contribution in [3.63, 3.8) is 0 Å². The minimum absolute atomic E-state index is 0.00621. The summed E-state index contributed by atoms with van der Waals surface area (Å²) in [5, 5.41) is 1.53. The van der Waals surface area contributed by atoms with Crippen LogP contribution in [0.15, 0.2) is 42.5 Å². The maximum absolute atomic E-state index is 14.4. The van der Waals surface area contributed by atoms with Gasteiger partial charge in [0.2, 0.25) is 0 Å². The minimum atomic E-state index is -0.790. The molecule has 3 aromatic rings. The lowest BCUT2D eigenvalue weighted by Gasteiger charge is -2.17. The van der Waals surface area contributed by atoms with Crippen LogP contribution < -0.4 is 14.4 Å². The van der Waals surface area contributed by atoms with Crippen molar-refractivity contribution in [2.75, 3.05) is 18.1 Å². The summed E-state index contributed by atoms with van der Waals surface area (Å²) in [7, 11) is 0. The SMILES string of the molecule is CCOc1c2c(c(OCC)c3ccccc13)C(=O)N(c1c(F)cccc1F)C2. The van der Waals surface area contributed by atoms with Crippen LogP contribution in [0.1, 0.15) is 29.8 Å². The summed E-state index contributed by atoms with van der Waals surface area (Å²) >= 11 is 0. The second kappa shape index (κ2) is 7.11. The summed E-state index contributed by atoms with van der Waals surface area (Å²) < 4.78 is 40.4. The number of fused-ring (bicyclic) bond motifs is 2. The van der Waals surface area contributed by atoms with Crippen molar-refractivity contribution in [1.29, 1.82) is 0 Å². The molecular formula is C22H19F2NO3. The standard InChI is InChI=1S/C22H19F2NO3/c1-3-27-20-13-8-5-6-9-14(13)21(28-4-2)18-15(20)12-25(22(18)26)19-16(23)10-7-11-17(19)24/h5-11H,3-4,12H2,1-2H3. The highest BCUT2D eigenvalue weighted by Gasteiger charge is 2.38. The lowest BCUT2D eigenvalue weighted by molar-refractivity contribution is 0.0992. The number of halogens is 2. The van der Waals surface area contributed by atoms with Crippen molar-refractivity contribution in [2.45, 2.75) is 20.4 Å². The van der Waals surface area contributed by atoms with E-state index in [0.717, 1.165) is 27.8 Å². The monoisotopic (exact) mass is 383 g/mol. The summed E-state index contributed by atoms with van der Waals surface area (Å²) in [6.07, 6.45) is 0. The molecule has 0 saturated heterocycles. The summed E-state index contributed by atoms with van der Waals surface area (Å²) in [4.78, 5) is 14.4. The summed E-state index contributed by atoms with van der Waals surface area (Å²) in [5.41, 5.74) is 0.515. The molecule has 0 bridgehead atoms. The molecule has 0 radical (unpaired) electrons. The van der Waals surface area contributed by atoms with Crippen LogP contribution in [-0.2, 0) is 6.54 Å². The Labute approximate surface area is 161 Å². The molecule has 1 aliphatic rings. The molecule has 0 saturated carbocycles. The van der Waals surface area contributed by atoms with Crippen LogP contribution in [0.5, 0.6) is 11.5 Å². The highest BCUT2D eigenvalue weighted by molar-refractivity contribution is 6.17. The van der Waals surface area contributed by atoms with Crippen molar-refractivity contribution in [3.8, 4) is 11.5 Å². The van der Waals surface area contributed by atoms with E-state index in [1.807, 2.05) is 38.1 Å². The van der Waals surface area contributed by atoms with Crippen LogP contribution in [0.3, 0.4) is 0 Å². The van der Waals surface area contributed by atoms with E-state index < -0.39 is 17.5 Å². The van der Waals surface area contributed by atoms with Crippen LogP contribution in [0, 0.1) is 11.6 Å². The van der Waals surface area contributed by atoms with E-state index in [1.165, 1.54) is 6.07 Å². The number of ether oxygens (including phenoxy) is 2. The number of hydrogen-bond donors (Lipinski definition) is 0. The van der Waals surface area contributed by atoms with Gasteiger partial charge in [0.05, 0.1) is 25.3 Å². The van der Waals surface area contributed by atoms with E-state index in [2.05, 4.69) is 0 Å². The number of rotatable bonds is 5. The third-order valence-corrected chi connectivity index (χ3v) is 4.78. The molecule has 3 aromatic carbocycles. The highest BCUT2D eigenvalue weighted by Crippen LogP contribution is 2.46. The van der Waals surface area contributed by atoms with Gasteiger partial charge in [0.1, 0.15) is 28.8 Å². The molecule has 0 aliphatic carbocycles. The van der Waals surface area contributed by atoms with Crippen LogP contribution >= 0.6 is 0 Å². The topological polar surface area (TPSA) is 38.8 Å². The van der Waals surface area contributed by atoms with E-state index in [9.17, 15) is 13.6 Å². The van der Waals surface area contributed by atoms with Gasteiger partial charge < -0.3 is 9.47 Å². The molecule has 4 nitrogen and oxygen atoms in total. The van der Waals surface area contributed by atoms with E-state index >= 15 is 0 Å². The molecule has 6 heteroatoms. The van der Waals surface area contributed by atoms with Crippen LogP contribution in [0.2, 0.25) is 0 Å². The van der Waals surface area contributed by atoms with E-state index in [1.54, 1.807) is 0 Å². The lowest BCUT2D eigenvalue weighted by atomic mass is 9.99. The van der Waals surface area contributed by atoms with Crippen LogP contribution in [0.25, 0.3) is 10.8 Å². The fourth-order valence-electron chi connectivity index (χ4n) is 3.70. The Morgan fingerprint density at radius 1 is 0.893 bits per heavy atom. The molecule has 1 heterocycles. The van der Waals surface area contributed by atoms with Gasteiger partial charge in [-0.2, -0.15) is 0 Å². The zero-order valence-corrected chi connectivity index (χ0v) is 15.6. The van der Waals surface area contributed by atoms with Crippen molar-refractivity contribution in [2.24, 2.45) is 0 Å². The second-order valence-electron chi connectivity index (χ2n) is 6.38. The number of anilines is 1. The Kier molecular flexibility index (Phi) is 4.63. The molecule has 0 fully saturated rings. The number of para-hydroxylation sites is 1. The fourth-order valence-corrected chi connectivity index (χ4v) is 3.70. The number of carbonyl (C=O) groups is 1. The largest absolute Gasteiger partial charge is 0.493 e. The lowest BCUT2D eigenvalue weighted by Crippen LogP contribution is -2.25. The smallest absolute Gasteiger partial charge is 0.263 e. The van der Waals surface area contributed by atoms with Gasteiger partial charge in [-0.25, -0.2) is 8.78 Å². The molecule has 28 heavy (non-hydrogen) atoms. The van der Waals surface area contributed by atoms with Crippen molar-refractivity contribution >= 4 is 22.4 Å². The zero-order chi connectivity index (χ0) is 19.8. The maximum Gasteiger partial charge on any atom is 0.263 e. The molecular weight excluding hydrogens is 364 g/mol. The van der Waals surface area contributed by atoms with E-state index in [4.69, 9.17) is 9.47 Å². The van der Waals surface area contributed by atoms with Crippen molar-refractivity contribution in [1.82, 2.24) is 0 Å². The van der Waals surface area contributed by atoms with Gasteiger partial charge in [-0.3, -0.25) is 9.69 Å². The zero-order valence-electron chi connectivity index (χ0n) is 15.6. The minimum Gasteiger partial charge on any atom is -0.493 e. The number of carbonyl (C=O) groups excluding carboxylic acids is 1. The first kappa shape index (κ1) is 18.2. The first-order valence-corrected chi connectivity index (χ1v) is 9.17. The van der Waals surface area contributed by atoms with Crippen molar-refractivity contribution < 1.29 is 23.0 Å². The predicted octanol–water partition coefficient (Wildman–Crippen LogP) is 5.08. The Bertz CT molecular complexity index is 1060. The van der Waals surface area contributed by atoms with Gasteiger partial charge in [0, 0.05) is 16.3 Å². The Balaban J connectivity index is 2.00. The van der Waals surface area contributed by atoms with Gasteiger partial charge in [0.15, 0.2) is 0 Å². The quantitative estimate of drug-likeness (QED) is 0.617. The molecule has 4 rings (SSSR count). The molecule has 0 unspecified atom stereocenters. The first-order chi connectivity index (χ1) is 13.6. The summed E-state index contributed by atoms with van der Waals surface area (Å²) in [6, 6.07) is 11.0. The van der Waals surface area contributed by atoms with Gasteiger partial charge >= 0.3 is 0 Å². The highest BCUT2D eigenvalue weighted by atomic mass is 19.1. The number of nitrogens with zero attached hydrogens (tertiary/aromatic N) is 1. The Hall–Kier alpha value is -3.15. The average molecular weight is 383 g/mol. The second-order valence-corrected chi connectivity index (χ2v) is 6.38. The maximum atomic E-state index is 14.4. The Morgan fingerprint density at radius 3 is 2.07 bits per heavy atom. The third kappa shape index (κ3) is 2.68. The molecule has 1 amide bonds. The molecule has 0 atom stereocenters. The van der Waals surface area contributed by atoms with Crippen LogP contribution in [-0.4, -0.2) is 19.1 Å². The van der Waals surface area contributed by atoms with E-state index in [-0.39, 0.29) is 12.2 Å². The van der Waals surface area contributed by atoms with Crippen molar-refractivity contribution in [3.05, 3.63) is 65.2 Å². The number of hydrogen-bond acceptors (Lipinski definition) is 3. The molecule has 1 aliphatic heterocycles. The Morgan fingerprint density at radius 2 is 1.46 bits per heavy atom. The molecule has 0 spiro atoms. The van der Waals surface area contributed by atoms with Gasteiger partial charge in [0.25, 0.3) is 5.91 Å². The third-order valence-electron chi connectivity index (χ3n) is 4.78. The normalized spacial score (nSPS) is 13.1. The predicted molar refractivity (Wildman–Crippen MR) is 103 cm³/mol. The van der Waals surface area contributed by atoms with Crippen LogP contribution in [0.4, 0.5) is 14.5 Å². The van der Waals surface area contributed by atoms with Gasteiger partial charge in [-0.05, 0) is 26.0 Å².